The highest BCUT2D eigenvalue weighted by atomic mass is 16.6. The number of carbonyl (C=O) groups excluding carboxylic acids is 4. The van der Waals surface area contributed by atoms with Gasteiger partial charge < -0.3 is 14.6 Å². The molecule has 0 rings (SSSR count). The van der Waals surface area contributed by atoms with Crippen LogP contribution in [0.25, 0.3) is 0 Å². The van der Waals surface area contributed by atoms with E-state index in [2.05, 4.69) is 4.74 Å². The first-order chi connectivity index (χ1) is 9.45. The Morgan fingerprint density at radius 2 is 1.57 bits per heavy atom. The lowest BCUT2D eigenvalue weighted by Crippen LogP contribution is -2.33. The van der Waals surface area contributed by atoms with Crippen molar-refractivity contribution in [1.82, 2.24) is 0 Å². The van der Waals surface area contributed by atoms with Crippen molar-refractivity contribution in [1.29, 1.82) is 0 Å². The van der Waals surface area contributed by atoms with Crippen LogP contribution in [0, 0.1) is 5.41 Å². The number of ether oxygens (including phenoxy) is 2. The second-order valence-electron chi connectivity index (χ2n) is 5.22. The second kappa shape index (κ2) is 9.66. The van der Waals surface area contributed by atoms with Crippen LogP contribution in [-0.2, 0) is 33.4 Å². The molecule has 120 valence electrons. The van der Waals surface area contributed by atoms with Crippen LogP contribution in [0.4, 0.5) is 0 Å². The van der Waals surface area contributed by atoms with E-state index >= 15 is 0 Å². The molecule has 1 unspecified atom stereocenters. The Morgan fingerprint density at radius 3 is 1.86 bits per heavy atom. The molecule has 0 aliphatic rings. The van der Waals surface area contributed by atoms with Crippen LogP contribution in [-0.4, -0.2) is 41.4 Å². The first-order valence-corrected chi connectivity index (χ1v) is 6.04. The van der Waals surface area contributed by atoms with Crippen LogP contribution >= 0.6 is 0 Å². The molecule has 0 bridgehead atoms. The third-order valence-electron chi connectivity index (χ3n) is 2.46. The zero-order chi connectivity index (χ0) is 17.2. The first-order valence-electron chi connectivity index (χ1n) is 6.04. The number of hydrogen-bond acceptors (Lipinski definition) is 7. The zero-order valence-corrected chi connectivity index (χ0v) is 12.7. The maximum atomic E-state index is 11.5. The third-order valence-corrected chi connectivity index (χ3v) is 2.46. The van der Waals surface area contributed by atoms with Gasteiger partial charge in [0.05, 0.1) is 6.42 Å². The highest BCUT2D eigenvalue weighted by molar-refractivity contribution is 5.83. The largest absolute Gasteiger partial charge is 0.478 e. The van der Waals surface area contributed by atoms with Gasteiger partial charge in [-0.15, -0.1) is 0 Å². The van der Waals surface area contributed by atoms with Gasteiger partial charge in [-0.2, -0.15) is 9.59 Å². The Hall–Kier alpha value is -2.21. The van der Waals surface area contributed by atoms with Gasteiger partial charge in [-0.3, -0.25) is 9.59 Å². The summed E-state index contributed by atoms with van der Waals surface area (Å²) in [6.07, 6.45) is -2.10. The SMILES string of the molecule is CC(=O)OC(CC(=O)O[C@@H](C)C(C)(C)C)C(=O)O.O=C=O. The minimum absolute atomic E-state index is 0.240. The zero-order valence-electron chi connectivity index (χ0n) is 12.7. The van der Waals surface area contributed by atoms with E-state index in [-0.39, 0.29) is 17.7 Å². The highest BCUT2D eigenvalue weighted by Gasteiger charge is 2.29. The second-order valence-corrected chi connectivity index (χ2v) is 5.22. The lowest BCUT2D eigenvalue weighted by atomic mass is 9.90. The number of carbonyl (C=O) groups is 3. The van der Waals surface area contributed by atoms with E-state index in [4.69, 9.17) is 19.4 Å². The minimum atomic E-state index is -1.50. The number of carboxylic acids is 1. The van der Waals surface area contributed by atoms with Crippen molar-refractivity contribution in [2.45, 2.75) is 53.2 Å². The fraction of sp³-hybridized carbons (Fsp3) is 0.692. The maximum absolute atomic E-state index is 11.5. The van der Waals surface area contributed by atoms with E-state index in [1.807, 2.05) is 20.8 Å². The van der Waals surface area contributed by atoms with E-state index in [1.165, 1.54) is 0 Å². The minimum Gasteiger partial charge on any atom is -0.478 e. The van der Waals surface area contributed by atoms with E-state index < -0.39 is 30.4 Å². The summed E-state index contributed by atoms with van der Waals surface area (Å²) in [7, 11) is 0. The number of rotatable bonds is 5. The summed E-state index contributed by atoms with van der Waals surface area (Å²) in [5, 5.41) is 8.78. The fourth-order valence-electron chi connectivity index (χ4n) is 0.953. The van der Waals surface area contributed by atoms with Gasteiger partial charge in [-0.25, -0.2) is 4.79 Å². The molecule has 0 radical (unpaired) electrons. The quantitative estimate of drug-likeness (QED) is 0.739. The van der Waals surface area contributed by atoms with Crippen molar-refractivity contribution in [3.63, 3.8) is 0 Å². The van der Waals surface area contributed by atoms with Crippen LogP contribution < -0.4 is 0 Å². The Bertz CT molecular complexity index is 401. The molecule has 2 atom stereocenters. The summed E-state index contributed by atoms with van der Waals surface area (Å²) in [5.41, 5.74) is -0.240. The highest BCUT2D eigenvalue weighted by Crippen LogP contribution is 2.22. The van der Waals surface area contributed by atoms with Gasteiger partial charge in [0.25, 0.3) is 0 Å². The van der Waals surface area contributed by atoms with Gasteiger partial charge in [0.2, 0.25) is 6.10 Å². The molecular weight excluding hydrogens is 284 g/mol. The van der Waals surface area contributed by atoms with Gasteiger partial charge in [0, 0.05) is 6.92 Å². The van der Waals surface area contributed by atoms with Gasteiger partial charge in [0.1, 0.15) is 6.10 Å². The van der Waals surface area contributed by atoms with Crippen LogP contribution in [0.5, 0.6) is 0 Å². The molecule has 0 heterocycles. The Balaban J connectivity index is 0. The van der Waals surface area contributed by atoms with Crippen molar-refractivity contribution >= 4 is 24.1 Å². The first kappa shape index (κ1) is 21.1. The average Bonchev–Trinajstić information content (AvgIpc) is 2.26. The standard InChI is InChI=1S/C12H20O6.CO2/c1-7(12(3,4)5)17-10(14)6-9(11(15)16)18-8(2)13;2-1-3/h7,9H,6H2,1-5H3,(H,15,16);/t7-,9?;/m0./s1. The molecule has 0 saturated carbocycles. The van der Waals surface area contributed by atoms with Crippen LogP contribution in [0.1, 0.15) is 41.0 Å². The smallest absolute Gasteiger partial charge is 0.373 e. The van der Waals surface area contributed by atoms with Crippen LogP contribution in [0.2, 0.25) is 0 Å². The van der Waals surface area contributed by atoms with E-state index in [0.29, 0.717) is 0 Å². The van der Waals surface area contributed by atoms with Crippen molar-refractivity contribution < 1.29 is 38.6 Å². The molecule has 0 fully saturated rings. The van der Waals surface area contributed by atoms with Gasteiger partial charge in [-0.1, -0.05) is 20.8 Å². The van der Waals surface area contributed by atoms with Crippen molar-refractivity contribution in [3.8, 4) is 0 Å². The molecule has 0 aromatic heterocycles. The Labute approximate surface area is 122 Å². The molecule has 0 saturated heterocycles. The normalized spacial score (nSPS) is 12.8. The number of aliphatic carboxylic acids is 1. The lowest BCUT2D eigenvalue weighted by molar-refractivity contribution is -0.191. The molecule has 8 heteroatoms. The Kier molecular flexibility index (Phi) is 9.70. The fourth-order valence-corrected chi connectivity index (χ4v) is 0.953. The summed E-state index contributed by atoms with van der Waals surface area (Å²) >= 11 is 0. The number of carboxylic acid groups (broad SMARTS) is 1. The summed E-state index contributed by atoms with van der Waals surface area (Å²) in [5.74, 6) is -2.82. The molecule has 21 heavy (non-hydrogen) atoms. The topological polar surface area (TPSA) is 124 Å². The van der Waals surface area contributed by atoms with Gasteiger partial charge in [0.15, 0.2) is 0 Å². The number of hydrogen-bond donors (Lipinski definition) is 1. The summed E-state index contributed by atoms with van der Waals surface area (Å²) in [6, 6.07) is 0. The summed E-state index contributed by atoms with van der Waals surface area (Å²) in [6.45, 7) is 8.49. The lowest BCUT2D eigenvalue weighted by Gasteiger charge is -2.27. The molecule has 0 aliphatic heterocycles. The molecule has 0 aromatic carbocycles. The Morgan fingerprint density at radius 1 is 1.14 bits per heavy atom. The van der Waals surface area contributed by atoms with Crippen molar-refractivity contribution in [2.75, 3.05) is 0 Å². The van der Waals surface area contributed by atoms with Crippen LogP contribution in [0.3, 0.4) is 0 Å². The maximum Gasteiger partial charge on any atom is 0.373 e. The average molecular weight is 304 g/mol. The molecule has 0 amide bonds. The predicted octanol–water partition coefficient (Wildman–Crippen LogP) is 0.787. The molecule has 1 N–H and O–H groups in total. The molecule has 8 nitrogen and oxygen atoms in total. The molecular formula is C13H20O8. The number of esters is 2. The molecule has 0 aromatic rings. The monoisotopic (exact) mass is 304 g/mol. The summed E-state index contributed by atoms with van der Waals surface area (Å²) < 4.78 is 9.59. The molecule has 0 spiro atoms. The van der Waals surface area contributed by atoms with Gasteiger partial charge >= 0.3 is 24.1 Å². The van der Waals surface area contributed by atoms with Crippen molar-refractivity contribution in [3.05, 3.63) is 0 Å². The van der Waals surface area contributed by atoms with Gasteiger partial charge in [-0.05, 0) is 12.3 Å². The predicted molar refractivity (Wildman–Crippen MR) is 67.8 cm³/mol. The molecule has 0 aliphatic carbocycles. The van der Waals surface area contributed by atoms with E-state index in [0.717, 1.165) is 6.92 Å². The third kappa shape index (κ3) is 11.3. The van der Waals surface area contributed by atoms with E-state index in [1.54, 1.807) is 6.92 Å². The van der Waals surface area contributed by atoms with Crippen LogP contribution in [0.15, 0.2) is 0 Å². The summed E-state index contributed by atoms with van der Waals surface area (Å²) in [4.78, 5) is 49.2. The van der Waals surface area contributed by atoms with E-state index in [9.17, 15) is 14.4 Å². The van der Waals surface area contributed by atoms with Crippen molar-refractivity contribution in [2.24, 2.45) is 5.41 Å².